The molecule has 0 radical (unpaired) electrons. The minimum absolute atomic E-state index is 0.125. The Morgan fingerprint density at radius 3 is 1.48 bits per heavy atom. The Hall–Kier alpha value is -4.06. The molecule has 3 aromatic rings. The smallest absolute Gasteiger partial charge is 0.343 e. The Kier molecular flexibility index (Phi) is 6.40. The maximum atomic E-state index is 12.6. The fourth-order valence-electron chi connectivity index (χ4n) is 2.95. The third kappa shape index (κ3) is 5.11. The van der Waals surface area contributed by atoms with E-state index < -0.39 is 11.9 Å². The van der Waals surface area contributed by atoms with Gasteiger partial charge in [-0.2, -0.15) is 0 Å². The van der Waals surface area contributed by atoms with Crippen LogP contribution < -0.4 is 4.74 Å². The van der Waals surface area contributed by atoms with Crippen LogP contribution in [0.4, 0.5) is 0 Å². The average Bonchev–Trinajstić information content (AvgIpc) is 2.78. The van der Waals surface area contributed by atoms with Crippen molar-refractivity contribution in [1.29, 1.82) is 0 Å². The van der Waals surface area contributed by atoms with E-state index >= 15 is 0 Å². The van der Waals surface area contributed by atoms with Gasteiger partial charge in [-0.25, -0.2) is 9.59 Å². The number of hydrogen-bond acceptors (Lipinski definition) is 6. The van der Waals surface area contributed by atoms with Crippen LogP contribution in [0.3, 0.4) is 0 Å². The summed E-state index contributed by atoms with van der Waals surface area (Å²) in [5.41, 5.74) is 2.87. The van der Waals surface area contributed by atoms with Crippen LogP contribution >= 0.6 is 0 Å². The first kappa shape index (κ1) is 21.6. The Balaban J connectivity index is 1.78. The van der Waals surface area contributed by atoms with E-state index in [0.717, 1.165) is 11.1 Å². The largest absolute Gasteiger partial charge is 0.465 e. The van der Waals surface area contributed by atoms with Gasteiger partial charge in [0.2, 0.25) is 0 Å². The highest BCUT2D eigenvalue weighted by Crippen LogP contribution is 2.24. The lowest BCUT2D eigenvalue weighted by Crippen LogP contribution is -2.11. The molecule has 0 saturated carbocycles. The van der Waals surface area contributed by atoms with Crippen LogP contribution in [0, 0.1) is 0 Å². The van der Waals surface area contributed by atoms with E-state index in [9.17, 15) is 19.2 Å². The summed E-state index contributed by atoms with van der Waals surface area (Å²) in [6.07, 6.45) is 0. The Labute approximate surface area is 179 Å². The van der Waals surface area contributed by atoms with Gasteiger partial charge in [0.05, 0.1) is 18.2 Å². The third-order valence-electron chi connectivity index (χ3n) is 4.69. The lowest BCUT2D eigenvalue weighted by Gasteiger charge is -2.09. The zero-order chi connectivity index (χ0) is 22.5. The standard InChI is InChI=1S/C25H20O6/c1-15(26)20-12-21(16(2)27)14-22(13-20)25(29)31-23-10-8-18(9-11-23)17-4-6-19(7-5-17)24(28)30-3/h4-14H,1-3H3. The van der Waals surface area contributed by atoms with Gasteiger partial charge in [-0.15, -0.1) is 0 Å². The Bertz CT molecular complexity index is 1130. The number of ketones is 2. The fraction of sp³-hybridized carbons (Fsp3) is 0.120. The first-order chi connectivity index (χ1) is 14.8. The summed E-state index contributed by atoms with van der Waals surface area (Å²) in [6.45, 7) is 2.73. The highest BCUT2D eigenvalue weighted by molar-refractivity contribution is 6.03. The van der Waals surface area contributed by atoms with E-state index in [1.165, 1.54) is 39.2 Å². The molecule has 6 heteroatoms. The number of Topliss-reactive ketones (excluding diaryl/α,β-unsaturated/α-hetero) is 2. The van der Waals surface area contributed by atoms with Crippen LogP contribution in [0.25, 0.3) is 11.1 Å². The molecule has 0 amide bonds. The first-order valence-electron chi connectivity index (χ1n) is 9.46. The minimum Gasteiger partial charge on any atom is -0.465 e. The fourth-order valence-corrected chi connectivity index (χ4v) is 2.95. The van der Waals surface area contributed by atoms with E-state index in [4.69, 9.17) is 4.74 Å². The summed E-state index contributed by atoms with van der Waals surface area (Å²) in [5, 5.41) is 0. The van der Waals surface area contributed by atoms with E-state index in [0.29, 0.717) is 11.3 Å². The van der Waals surface area contributed by atoms with Gasteiger partial charge < -0.3 is 9.47 Å². The number of esters is 2. The normalized spacial score (nSPS) is 10.3. The second kappa shape index (κ2) is 9.17. The molecule has 31 heavy (non-hydrogen) atoms. The summed E-state index contributed by atoms with van der Waals surface area (Å²) in [5.74, 6) is -1.26. The highest BCUT2D eigenvalue weighted by Gasteiger charge is 2.15. The summed E-state index contributed by atoms with van der Waals surface area (Å²) < 4.78 is 10.1. The molecule has 3 rings (SSSR count). The predicted molar refractivity (Wildman–Crippen MR) is 115 cm³/mol. The number of ether oxygens (including phenoxy) is 2. The SMILES string of the molecule is COC(=O)c1ccc(-c2ccc(OC(=O)c3cc(C(C)=O)cc(C(C)=O)c3)cc2)cc1. The van der Waals surface area contributed by atoms with E-state index in [1.54, 1.807) is 48.5 Å². The average molecular weight is 416 g/mol. The summed E-state index contributed by atoms with van der Waals surface area (Å²) in [4.78, 5) is 47.5. The van der Waals surface area contributed by atoms with Crippen molar-refractivity contribution in [3.8, 4) is 16.9 Å². The van der Waals surface area contributed by atoms with Crippen LogP contribution in [0.1, 0.15) is 55.3 Å². The molecular formula is C25H20O6. The zero-order valence-electron chi connectivity index (χ0n) is 17.3. The second-order valence-electron chi connectivity index (χ2n) is 6.89. The predicted octanol–water partition coefficient (Wildman–Crippen LogP) is 4.76. The molecule has 6 nitrogen and oxygen atoms in total. The van der Waals surface area contributed by atoms with Crippen molar-refractivity contribution in [2.45, 2.75) is 13.8 Å². The van der Waals surface area contributed by atoms with Gasteiger partial charge in [-0.3, -0.25) is 9.59 Å². The van der Waals surface area contributed by atoms with Gasteiger partial charge in [0.15, 0.2) is 11.6 Å². The molecule has 0 N–H and O–H groups in total. The van der Waals surface area contributed by atoms with E-state index in [-0.39, 0.29) is 28.3 Å². The number of rotatable bonds is 6. The Morgan fingerprint density at radius 1 is 0.581 bits per heavy atom. The van der Waals surface area contributed by atoms with Gasteiger partial charge in [0.25, 0.3) is 0 Å². The molecule has 0 bridgehead atoms. The molecule has 0 aromatic heterocycles. The molecule has 0 aliphatic rings. The highest BCUT2D eigenvalue weighted by atomic mass is 16.5. The lowest BCUT2D eigenvalue weighted by molar-refractivity contribution is 0.0600. The summed E-state index contributed by atoms with van der Waals surface area (Å²) in [7, 11) is 1.33. The minimum atomic E-state index is -0.666. The molecule has 156 valence electrons. The molecule has 3 aromatic carbocycles. The van der Waals surface area contributed by atoms with Gasteiger partial charge in [-0.05, 0) is 67.4 Å². The van der Waals surface area contributed by atoms with Crippen molar-refractivity contribution in [1.82, 2.24) is 0 Å². The summed E-state index contributed by atoms with van der Waals surface area (Å²) in [6, 6.07) is 18.1. The number of benzene rings is 3. The van der Waals surface area contributed by atoms with Crippen molar-refractivity contribution in [2.75, 3.05) is 7.11 Å². The molecule has 0 unspecified atom stereocenters. The number of hydrogen-bond donors (Lipinski definition) is 0. The molecule has 0 saturated heterocycles. The number of carbonyl (C=O) groups is 4. The first-order valence-corrected chi connectivity index (χ1v) is 9.46. The van der Waals surface area contributed by atoms with Gasteiger partial charge >= 0.3 is 11.9 Å². The number of methoxy groups -OCH3 is 1. The molecule has 0 aliphatic heterocycles. The van der Waals surface area contributed by atoms with Crippen LogP contribution in [0.5, 0.6) is 5.75 Å². The van der Waals surface area contributed by atoms with Crippen LogP contribution in [0.2, 0.25) is 0 Å². The van der Waals surface area contributed by atoms with Crippen molar-refractivity contribution in [3.63, 3.8) is 0 Å². The van der Waals surface area contributed by atoms with Crippen LogP contribution in [0.15, 0.2) is 66.7 Å². The Morgan fingerprint density at radius 2 is 1.03 bits per heavy atom. The maximum Gasteiger partial charge on any atom is 0.343 e. The van der Waals surface area contributed by atoms with E-state index in [1.807, 2.05) is 0 Å². The monoisotopic (exact) mass is 416 g/mol. The second-order valence-corrected chi connectivity index (χ2v) is 6.89. The molecule has 0 fully saturated rings. The molecule has 0 aliphatic carbocycles. The quantitative estimate of drug-likeness (QED) is 0.327. The van der Waals surface area contributed by atoms with Crippen molar-refractivity contribution in [2.24, 2.45) is 0 Å². The van der Waals surface area contributed by atoms with E-state index in [2.05, 4.69) is 4.74 Å². The van der Waals surface area contributed by atoms with Crippen molar-refractivity contribution in [3.05, 3.63) is 89.0 Å². The van der Waals surface area contributed by atoms with Crippen LogP contribution in [-0.2, 0) is 4.74 Å². The number of carbonyl (C=O) groups excluding carboxylic acids is 4. The molecule has 0 atom stereocenters. The third-order valence-corrected chi connectivity index (χ3v) is 4.69. The van der Waals surface area contributed by atoms with Crippen molar-refractivity contribution < 1.29 is 28.7 Å². The molecule has 0 heterocycles. The van der Waals surface area contributed by atoms with Gasteiger partial charge in [0.1, 0.15) is 5.75 Å². The molecule has 0 spiro atoms. The summed E-state index contributed by atoms with van der Waals surface area (Å²) >= 11 is 0. The lowest BCUT2D eigenvalue weighted by atomic mass is 10.0. The van der Waals surface area contributed by atoms with Crippen molar-refractivity contribution >= 4 is 23.5 Å². The zero-order valence-corrected chi connectivity index (χ0v) is 17.3. The van der Waals surface area contributed by atoms with Crippen LogP contribution in [-0.4, -0.2) is 30.6 Å². The van der Waals surface area contributed by atoms with Gasteiger partial charge in [-0.1, -0.05) is 24.3 Å². The molecular weight excluding hydrogens is 396 g/mol. The topological polar surface area (TPSA) is 86.7 Å². The maximum absolute atomic E-state index is 12.6. The van der Waals surface area contributed by atoms with Gasteiger partial charge in [0, 0.05) is 11.1 Å².